The van der Waals surface area contributed by atoms with Crippen LogP contribution < -0.4 is 33.7 Å². The van der Waals surface area contributed by atoms with Crippen molar-refractivity contribution in [3.8, 4) is 34.5 Å². The molecule has 0 radical (unpaired) electrons. The summed E-state index contributed by atoms with van der Waals surface area (Å²) >= 11 is 0. The van der Waals surface area contributed by atoms with Crippen molar-refractivity contribution in [2.75, 3.05) is 55.7 Å². The van der Waals surface area contributed by atoms with Crippen LogP contribution in [0.5, 0.6) is 34.5 Å². The predicted molar refractivity (Wildman–Crippen MR) is 129 cm³/mol. The van der Waals surface area contributed by atoms with Gasteiger partial charge in [0.2, 0.25) is 11.5 Å². The number of nitrogens with zero attached hydrogens (tertiary/aromatic N) is 1. The van der Waals surface area contributed by atoms with Gasteiger partial charge in [0, 0.05) is 30.3 Å². The number of nitrogens with one attached hydrogen (secondary N) is 1. The van der Waals surface area contributed by atoms with Crippen molar-refractivity contribution in [2.45, 2.75) is 18.9 Å². The molecule has 1 heterocycles. The SMILES string of the molecule is COc1cc(C(=O)NC2CCCN(C(=O)c3cc(OC)c(OC)c(OC)c3)C2)cc(OC)c1OC. The maximum Gasteiger partial charge on any atom is 0.254 e. The quantitative estimate of drug-likeness (QED) is 0.575. The highest BCUT2D eigenvalue weighted by atomic mass is 16.5. The van der Waals surface area contributed by atoms with Gasteiger partial charge in [0.15, 0.2) is 23.0 Å². The third kappa shape index (κ3) is 5.47. The Kier molecular flexibility index (Phi) is 8.51. The number of carbonyl (C=O) groups excluding carboxylic acids is 2. The van der Waals surface area contributed by atoms with Gasteiger partial charge >= 0.3 is 0 Å². The van der Waals surface area contributed by atoms with Gasteiger partial charge in [0.05, 0.1) is 42.7 Å². The average molecular weight is 489 g/mol. The first-order valence-electron chi connectivity index (χ1n) is 11.1. The summed E-state index contributed by atoms with van der Waals surface area (Å²) in [6.07, 6.45) is 1.49. The molecule has 2 amide bonds. The fourth-order valence-corrected chi connectivity index (χ4v) is 4.15. The molecule has 1 aliphatic heterocycles. The summed E-state index contributed by atoms with van der Waals surface area (Å²) in [5.41, 5.74) is 0.781. The second kappa shape index (κ2) is 11.5. The summed E-state index contributed by atoms with van der Waals surface area (Å²) in [5.74, 6) is 1.93. The fourth-order valence-electron chi connectivity index (χ4n) is 4.15. The van der Waals surface area contributed by atoms with Gasteiger partial charge in [0.25, 0.3) is 11.8 Å². The minimum Gasteiger partial charge on any atom is -0.493 e. The van der Waals surface area contributed by atoms with Gasteiger partial charge in [-0.05, 0) is 37.1 Å². The van der Waals surface area contributed by atoms with E-state index in [9.17, 15) is 9.59 Å². The molecule has 0 saturated carbocycles. The molecular weight excluding hydrogens is 456 g/mol. The van der Waals surface area contributed by atoms with Crippen LogP contribution in [0.4, 0.5) is 0 Å². The molecular formula is C25H32N2O8. The molecule has 1 fully saturated rings. The number of rotatable bonds is 9. The number of ether oxygens (including phenoxy) is 6. The van der Waals surface area contributed by atoms with Gasteiger partial charge in [-0.15, -0.1) is 0 Å². The topological polar surface area (TPSA) is 105 Å². The minimum atomic E-state index is -0.295. The summed E-state index contributed by atoms with van der Waals surface area (Å²) in [7, 11) is 9.00. The standard InChI is InChI=1S/C25H32N2O8/c1-30-18-10-15(11-19(31-2)22(18)34-5)24(28)26-17-8-7-9-27(14-17)25(29)16-12-20(32-3)23(35-6)21(13-16)33-4/h10-13,17H,7-9,14H2,1-6H3,(H,26,28). The number of carbonyl (C=O) groups is 2. The average Bonchev–Trinajstić information content (AvgIpc) is 2.90. The molecule has 10 nitrogen and oxygen atoms in total. The van der Waals surface area contributed by atoms with Crippen LogP contribution in [-0.4, -0.2) is 78.5 Å². The van der Waals surface area contributed by atoms with Crippen molar-refractivity contribution >= 4 is 11.8 Å². The van der Waals surface area contributed by atoms with Gasteiger partial charge in [-0.1, -0.05) is 0 Å². The zero-order valence-electron chi connectivity index (χ0n) is 20.9. The molecule has 0 aliphatic carbocycles. The Morgan fingerprint density at radius 1 is 0.743 bits per heavy atom. The van der Waals surface area contributed by atoms with Crippen LogP contribution in [0.1, 0.15) is 33.6 Å². The number of methoxy groups -OCH3 is 6. The minimum absolute atomic E-state index is 0.184. The summed E-state index contributed by atoms with van der Waals surface area (Å²) < 4.78 is 32.1. The van der Waals surface area contributed by atoms with Crippen molar-refractivity contribution in [1.82, 2.24) is 10.2 Å². The summed E-state index contributed by atoms with van der Waals surface area (Å²) in [6.45, 7) is 0.942. The highest BCUT2D eigenvalue weighted by Crippen LogP contribution is 2.39. The molecule has 10 heteroatoms. The monoisotopic (exact) mass is 488 g/mol. The molecule has 2 aromatic carbocycles. The highest BCUT2D eigenvalue weighted by molar-refractivity contribution is 5.97. The molecule has 190 valence electrons. The number of amides is 2. The number of benzene rings is 2. The van der Waals surface area contributed by atoms with Crippen LogP contribution in [-0.2, 0) is 0 Å². The van der Waals surface area contributed by atoms with Gasteiger partial charge in [-0.2, -0.15) is 0 Å². The molecule has 0 aromatic heterocycles. The highest BCUT2D eigenvalue weighted by Gasteiger charge is 2.28. The number of hydrogen-bond acceptors (Lipinski definition) is 8. The van der Waals surface area contributed by atoms with E-state index in [1.807, 2.05) is 0 Å². The smallest absolute Gasteiger partial charge is 0.254 e. The van der Waals surface area contributed by atoms with E-state index < -0.39 is 0 Å². The normalized spacial score (nSPS) is 15.1. The zero-order valence-corrected chi connectivity index (χ0v) is 20.9. The van der Waals surface area contributed by atoms with E-state index >= 15 is 0 Å². The lowest BCUT2D eigenvalue weighted by molar-refractivity contribution is 0.0675. The number of piperidine rings is 1. The molecule has 2 aromatic rings. The Morgan fingerprint density at radius 3 is 1.63 bits per heavy atom. The van der Waals surface area contributed by atoms with Gasteiger partial charge in [0.1, 0.15) is 0 Å². The van der Waals surface area contributed by atoms with Crippen molar-refractivity contribution in [1.29, 1.82) is 0 Å². The van der Waals surface area contributed by atoms with E-state index in [1.54, 1.807) is 29.2 Å². The molecule has 3 rings (SSSR count). The summed E-state index contributed by atoms with van der Waals surface area (Å²) in [6, 6.07) is 6.22. The van der Waals surface area contributed by atoms with Crippen LogP contribution in [0.25, 0.3) is 0 Å². The van der Waals surface area contributed by atoms with Crippen LogP contribution in [0.15, 0.2) is 24.3 Å². The molecule has 0 spiro atoms. The van der Waals surface area contributed by atoms with Gasteiger partial charge in [-0.3, -0.25) is 9.59 Å². The van der Waals surface area contributed by atoms with E-state index in [0.29, 0.717) is 58.7 Å². The molecule has 1 aliphatic rings. The zero-order chi connectivity index (χ0) is 25.5. The molecule has 35 heavy (non-hydrogen) atoms. The maximum atomic E-state index is 13.3. The first-order valence-corrected chi connectivity index (χ1v) is 11.1. The fraction of sp³-hybridized carbons (Fsp3) is 0.440. The Labute approximate surface area is 205 Å². The molecule has 0 bridgehead atoms. The lowest BCUT2D eigenvalue weighted by Crippen LogP contribution is -2.49. The largest absolute Gasteiger partial charge is 0.493 e. The Morgan fingerprint density at radius 2 is 1.20 bits per heavy atom. The summed E-state index contributed by atoms with van der Waals surface area (Å²) in [4.78, 5) is 28.0. The van der Waals surface area contributed by atoms with E-state index in [-0.39, 0.29) is 17.9 Å². The van der Waals surface area contributed by atoms with Crippen LogP contribution in [0.3, 0.4) is 0 Å². The number of hydrogen-bond donors (Lipinski definition) is 1. The number of likely N-dealkylation sites (tertiary alicyclic amines) is 1. The lowest BCUT2D eigenvalue weighted by Gasteiger charge is -2.33. The Bertz CT molecular complexity index is 1020. The van der Waals surface area contributed by atoms with E-state index in [0.717, 1.165) is 12.8 Å². The predicted octanol–water partition coefficient (Wildman–Crippen LogP) is 2.77. The first-order chi connectivity index (χ1) is 16.9. The van der Waals surface area contributed by atoms with Gasteiger partial charge < -0.3 is 38.6 Å². The lowest BCUT2D eigenvalue weighted by atomic mass is 10.0. The van der Waals surface area contributed by atoms with E-state index in [4.69, 9.17) is 28.4 Å². The van der Waals surface area contributed by atoms with Crippen molar-refractivity contribution in [3.05, 3.63) is 35.4 Å². The Balaban J connectivity index is 1.77. The molecule has 1 N–H and O–H groups in total. The third-order valence-corrected chi connectivity index (χ3v) is 5.88. The van der Waals surface area contributed by atoms with Crippen LogP contribution >= 0.6 is 0 Å². The molecule has 1 atom stereocenters. The van der Waals surface area contributed by atoms with Crippen molar-refractivity contribution in [2.24, 2.45) is 0 Å². The molecule has 1 saturated heterocycles. The Hall–Kier alpha value is -3.82. The first kappa shape index (κ1) is 25.8. The van der Waals surface area contributed by atoms with E-state index in [2.05, 4.69) is 5.32 Å². The second-order valence-corrected chi connectivity index (χ2v) is 7.89. The second-order valence-electron chi connectivity index (χ2n) is 7.89. The maximum absolute atomic E-state index is 13.3. The van der Waals surface area contributed by atoms with Crippen molar-refractivity contribution in [3.63, 3.8) is 0 Å². The molecule has 1 unspecified atom stereocenters. The van der Waals surface area contributed by atoms with E-state index in [1.165, 1.54) is 42.7 Å². The third-order valence-electron chi connectivity index (χ3n) is 5.88. The van der Waals surface area contributed by atoms with Crippen LogP contribution in [0.2, 0.25) is 0 Å². The van der Waals surface area contributed by atoms with Crippen molar-refractivity contribution < 1.29 is 38.0 Å². The summed E-state index contributed by atoms with van der Waals surface area (Å²) in [5, 5.41) is 3.02. The van der Waals surface area contributed by atoms with Gasteiger partial charge in [-0.25, -0.2) is 0 Å². The van der Waals surface area contributed by atoms with Crippen LogP contribution in [0, 0.1) is 0 Å².